The SMILES string of the molecule is CSC1CCCN(Cc2csc(C(=O)O)n2)CC1. The maximum atomic E-state index is 10.8. The molecule has 1 aliphatic rings. The van der Waals surface area contributed by atoms with Crippen molar-refractivity contribution in [3.63, 3.8) is 0 Å². The van der Waals surface area contributed by atoms with Gasteiger partial charge in [0.15, 0.2) is 0 Å². The van der Waals surface area contributed by atoms with E-state index in [1.54, 1.807) is 0 Å². The zero-order valence-corrected chi connectivity index (χ0v) is 12.1. The number of hydrogen-bond donors (Lipinski definition) is 1. The molecule has 1 aromatic rings. The standard InChI is InChI=1S/C12H18N2O2S2/c1-17-10-3-2-5-14(6-4-10)7-9-8-18-11(13-9)12(15)16/h8,10H,2-7H2,1H3,(H,15,16). The lowest BCUT2D eigenvalue weighted by atomic mass is 10.2. The number of aromatic carboxylic acids is 1. The third kappa shape index (κ3) is 3.70. The zero-order chi connectivity index (χ0) is 13.0. The van der Waals surface area contributed by atoms with Crippen LogP contribution in [0.1, 0.15) is 34.8 Å². The summed E-state index contributed by atoms with van der Waals surface area (Å²) in [4.78, 5) is 17.3. The van der Waals surface area contributed by atoms with Gasteiger partial charge in [-0.3, -0.25) is 4.90 Å². The van der Waals surface area contributed by atoms with E-state index in [4.69, 9.17) is 5.11 Å². The fourth-order valence-corrected chi connectivity index (χ4v) is 3.62. The molecule has 4 nitrogen and oxygen atoms in total. The Morgan fingerprint density at radius 3 is 3.11 bits per heavy atom. The number of carboxylic acids is 1. The molecule has 0 saturated carbocycles. The molecule has 0 spiro atoms. The van der Waals surface area contributed by atoms with Crippen molar-refractivity contribution in [1.82, 2.24) is 9.88 Å². The Bertz CT molecular complexity index is 409. The highest BCUT2D eigenvalue weighted by molar-refractivity contribution is 7.99. The van der Waals surface area contributed by atoms with Crippen molar-refractivity contribution in [2.24, 2.45) is 0 Å². The summed E-state index contributed by atoms with van der Waals surface area (Å²) >= 11 is 3.17. The van der Waals surface area contributed by atoms with E-state index in [1.165, 1.54) is 30.6 Å². The minimum Gasteiger partial charge on any atom is -0.476 e. The summed E-state index contributed by atoms with van der Waals surface area (Å²) in [5.41, 5.74) is 0.889. The molecule has 0 aromatic carbocycles. The van der Waals surface area contributed by atoms with Gasteiger partial charge in [-0.2, -0.15) is 11.8 Å². The van der Waals surface area contributed by atoms with Crippen molar-refractivity contribution in [1.29, 1.82) is 0 Å². The van der Waals surface area contributed by atoms with Gasteiger partial charge in [-0.1, -0.05) is 0 Å². The smallest absolute Gasteiger partial charge is 0.365 e. The van der Waals surface area contributed by atoms with E-state index in [9.17, 15) is 4.79 Å². The first-order chi connectivity index (χ1) is 8.69. The predicted molar refractivity (Wildman–Crippen MR) is 75.5 cm³/mol. The fraction of sp³-hybridized carbons (Fsp3) is 0.667. The Labute approximate surface area is 115 Å². The molecule has 1 N–H and O–H groups in total. The van der Waals surface area contributed by atoms with Crippen LogP contribution in [0.5, 0.6) is 0 Å². The second-order valence-electron chi connectivity index (χ2n) is 4.51. The number of thiazole rings is 1. The number of carboxylic acid groups (broad SMARTS) is 1. The molecule has 1 aliphatic heterocycles. The molecule has 0 bridgehead atoms. The van der Waals surface area contributed by atoms with Crippen LogP contribution in [0.2, 0.25) is 0 Å². The van der Waals surface area contributed by atoms with Gasteiger partial charge in [-0.15, -0.1) is 11.3 Å². The zero-order valence-electron chi connectivity index (χ0n) is 10.5. The van der Waals surface area contributed by atoms with Crippen molar-refractivity contribution in [2.45, 2.75) is 31.1 Å². The quantitative estimate of drug-likeness (QED) is 0.922. The van der Waals surface area contributed by atoms with Gasteiger partial charge in [0, 0.05) is 17.2 Å². The second-order valence-corrected chi connectivity index (χ2v) is 6.51. The van der Waals surface area contributed by atoms with Gasteiger partial charge in [0.25, 0.3) is 0 Å². The summed E-state index contributed by atoms with van der Waals surface area (Å²) in [5.74, 6) is -0.926. The lowest BCUT2D eigenvalue weighted by Gasteiger charge is -2.18. The number of thioether (sulfide) groups is 1. The average Bonchev–Trinajstić information content (AvgIpc) is 2.69. The van der Waals surface area contributed by atoms with Crippen molar-refractivity contribution >= 4 is 29.1 Å². The van der Waals surface area contributed by atoms with Crippen molar-refractivity contribution in [3.8, 4) is 0 Å². The molecule has 1 fully saturated rings. The number of likely N-dealkylation sites (tertiary alicyclic amines) is 1. The molecule has 100 valence electrons. The number of rotatable bonds is 4. The first-order valence-corrected chi connectivity index (χ1v) is 8.28. The van der Waals surface area contributed by atoms with Gasteiger partial charge < -0.3 is 5.11 Å². The topological polar surface area (TPSA) is 53.4 Å². The van der Waals surface area contributed by atoms with E-state index in [0.717, 1.165) is 30.6 Å². The van der Waals surface area contributed by atoms with Crippen molar-refractivity contribution < 1.29 is 9.90 Å². The molecule has 0 aliphatic carbocycles. The summed E-state index contributed by atoms with van der Waals surface area (Å²) in [6.07, 6.45) is 5.91. The molecule has 2 rings (SSSR count). The van der Waals surface area contributed by atoms with E-state index >= 15 is 0 Å². The molecule has 1 aromatic heterocycles. The highest BCUT2D eigenvalue weighted by atomic mass is 32.2. The average molecular weight is 286 g/mol. The van der Waals surface area contributed by atoms with E-state index in [-0.39, 0.29) is 5.01 Å². The van der Waals surface area contributed by atoms with Crippen LogP contribution in [0.3, 0.4) is 0 Å². The van der Waals surface area contributed by atoms with Crippen LogP contribution in [-0.2, 0) is 6.54 Å². The summed E-state index contributed by atoms with van der Waals surface area (Å²) in [6, 6.07) is 0. The molecule has 1 atom stereocenters. The highest BCUT2D eigenvalue weighted by Gasteiger charge is 2.17. The van der Waals surface area contributed by atoms with Gasteiger partial charge in [0.1, 0.15) is 0 Å². The maximum absolute atomic E-state index is 10.8. The highest BCUT2D eigenvalue weighted by Crippen LogP contribution is 2.22. The van der Waals surface area contributed by atoms with E-state index in [0.29, 0.717) is 0 Å². The third-order valence-electron chi connectivity index (χ3n) is 3.22. The van der Waals surface area contributed by atoms with Crippen LogP contribution in [0.25, 0.3) is 0 Å². The lowest BCUT2D eigenvalue weighted by Crippen LogP contribution is -2.24. The predicted octanol–water partition coefficient (Wildman–Crippen LogP) is 2.56. The molecule has 0 radical (unpaired) electrons. The normalized spacial score (nSPS) is 21.7. The number of nitrogens with zero attached hydrogens (tertiary/aromatic N) is 2. The van der Waals surface area contributed by atoms with E-state index in [2.05, 4.69) is 16.1 Å². The molecule has 1 unspecified atom stereocenters. The lowest BCUT2D eigenvalue weighted by molar-refractivity contribution is 0.0696. The molecular formula is C12H18N2O2S2. The Hall–Kier alpha value is -0.590. The number of carbonyl (C=O) groups is 1. The van der Waals surface area contributed by atoms with Gasteiger partial charge in [-0.25, -0.2) is 9.78 Å². The number of aromatic nitrogens is 1. The van der Waals surface area contributed by atoms with Crippen LogP contribution >= 0.6 is 23.1 Å². The number of hydrogen-bond acceptors (Lipinski definition) is 5. The molecule has 18 heavy (non-hydrogen) atoms. The minimum atomic E-state index is -0.926. The first-order valence-electron chi connectivity index (χ1n) is 6.12. The van der Waals surface area contributed by atoms with Gasteiger partial charge in [0.2, 0.25) is 5.01 Å². The molecule has 2 heterocycles. The summed E-state index contributed by atoms with van der Waals surface area (Å²) < 4.78 is 0. The Kier molecular flexibility index (Phi) is 5.03. The maximum Gasteiger partial charge on any atom is 0.365 e. The van der Waals surface area contributed by atoms with Crippen molar-refractivity contribution in [3.05, 3.63) is 16.1 Å². The van der Waals surface area contributed by atoms with Crippen LogP contribution in [0.15, 0.2) is 5.38 Å². The largest absolute Gasteiger partial charge is 0.476 e. The van der Waals surface area contributed by atoms with E-state index in [1.807, 2.05) is 17.1 Å². The van der Waals surface area contributed by atoms with Gasteiger partial charge >= 0.3 is 5.97 Å². The Morgan fingerprint density at radius 1 is 1.61 bits per heavy atom. The summed E-state index contributed by atoms with van der Waals surface area (Å²) in [6.45, 7) is 2.97. The summed E-state index contributed by atoms with van der Waals surface area (Å²) in [7, 11) is 0. The minimum absolute atomic E-state index is 0.196. The molecule has 1 saturated heterocycles. The molecule has 0 amide bonds. The van der Waals surface area contributed by atoms with Gasteiger partial charge in [-0.05, 0) is 38.6 Å². The monoisotopic (exact) mass is 286 g/mol. The van der Waals surface area contributed by atoms with Crippen LogP contribution in [0, 0.1) is 0 Å². The van der Waals surface area contributed by atoms with Crippen LogP contribution in [-0.4, -0.2) is 45.6 Å². The Morgan fingerprint density at radius 2 is 2.44 bits per heavy atom. The fourth-order valence-electron chi connectivity index (χ4n) is 2.23. The molecule has 6 heteroatoms. The Balaban J connectivity index is 1.90. The first kappa shape index (κ1) is 13.8. The van der Waals surface area contributed by atoms with Crippen LogP contribution < -0.4 is 0 Å². The van der Waals surface area contributed by atoms with Crippen molar-refractivity contribution in [2.75, 3.05) is 19.3 Å². The molecular weight excluding hydrogens is 268 g/mol. The third-order valence-corrected chi connectivity index (χ3v) is 5.24. The van der Waals surface area contributed by atoms with Crippen LogP contribution in [0.4, 0.5) is 0 Å². The van der Waals surface area contributed by atoms with E-state index < -0.39 is 5.97 Å². The van der Waals surface area contributed by atoms with Gasteiger partial charge in [0.05, 0.1) is 5.69 Å². The second kappa shape index (κ2) is 6.54. The summed E-state index contributed by atoms with van der Waals surface area (Å²) in [5, 5.41) is 11.7.